The molecule has 0 bridgehead atoms. The van der Waals surface area contributed by atoms with E-state index < -0.39 is 0 Å². The minimum Gasteiger partial charge on any atom is -0.302 e. The van der Waals surface area contributed by atoms with E-state index in [1.165, 1.54) is 32.5 Å². The molecule has 106 valence electrons. The molecule has 2 rings (SSSR count). The van der Waals surface area contributed by atoms with Crippen molar-refractivity contribution in [2.24, 2.45) is 11.3 Å². The van der Waals surface area contributed by atoms with E-state index in [-0.39, 0.29) is 0 Å². The Hall–Kier alpha value is -0.340. The normalized spacial score (nSPS) is 18.7. The summed E-state index contributed by atoms with van der Waals surface area (Å²) in [7, 11) is 0. The van der Waals surface area contributed by atoms with E-state index in [1.807, 2.05) is 0 Å². The topological polar surface area (TPSA) is 3.24 Å². The van der Waals surface area contributed by atoms with Crippen molar-refractivity contribution in [3.63, 3.8) is 0 Å². The Labute approximate surface area is 126 Å². The van der Waals surface area contributed by atoms with Crippen molar-refractivity contribution in [1.82, 2.24) is 4.90 Å². The lowest BCUT2D eigenvalue weighted by molar-refractivity contribution is 0.170. The minimum absolute atomic E-state index is 0.378. The summed E-state index contributed by atoms with van der Waals surface area (Å²) >= 11 is 3.70. The molecule has 0 aliphatic carbocycles. The lowest BCUT2D eigenvalue weighted by atomic mass is 9.82. The molecule has 1 nitrogen and oxygen atoms in total. The highest BCUT2D eigenvalue weighted by atomic mass is 79.9. The zero-order valence-electron chi connectivity index (χ0n) is 12.5. The summed E-state index contributed by atoms with van der Waals surface area (Å²) in [5, 5.41) is 1.10. The summed E-state index contributed by atoms with van der Waals surface area (Å²) in [6.45, 7) is 10.7. The first-order valence-electron chi connectivity index (χ1n) is 7.36. The summed E-state index contributed by atoms with van der Waals surface area (Å²) in [5.41, 5.74) is 3.48. The Morgan fingerprint density at radius 3 is 2.05 bits per heavy atom. The van der Waals surface area contributed by atoms with Gasteiger partial charge < -0.3 is 4.90 Å². The molecule has 0 fully saturated rings. The second kappa shape index (κ2) is 6.41. The molecule has 19 heavy (non-hydrogen) atoms. The number of hydrogen-bond acceptors (Lipinski definition) is 1. The van der Waals surface area contributed by atoms with Crippen LogP contribution in [0.1, 0.15) is 31.9 Å². The van der Waals surface area contributed by atoms with Crippen LogP contribution >= 0.6 is 15.9 Å². The number of halogens is 1. The van der Waals surface area contributed by atoms with Crippen LogP contribution in [0.5, 0.6) is 0 Å². The molecule has 1 aliphatic heterocycles. The fourth-order valence-electron chi connectivity index (χ4n) is 2.76. The molecule has 0 saturated heterocycles. The number of hydrogen-bond donors (Lipinski definition) is 0. The lowest BCUT2D eigenvalue weighted by Crippen LogP contribution is -2.37. The molecule has 0 N–H and O–H groups in total. The number of benzene rings is 1. The predicted octanol–water partition coefficient (Wildman–Crippen LogP) is 4.14. The summed E-state index contributed by atoms with van der Waals surface area (Å²) in [6.07, 6.45) is 2.41. The zero-order chi connectivity index (χ0) is 13.9. The minimum atomic E-state index is 0.378. The van der Waals surface area contributed by atoms with Gasteiger partial charge in [0.15, 0.2) is 0 Å². The Kier molecular flexibility index (Phi) is 5.08. The SMILES string of the molecule is CC(C)(C)C(CBr)CN1CCc2ccccc2CC1. The van der Waals surface area contributed by atoms with Gasteiger partial charge >= 0.3 is 0 Å². The van der Waals surface area contributed by atoms with E-state index in [0.29, 0.717) is 11.3 Å². The maximum absolute atomic E-state index is 3.70. The highest BCUT2D eigenvalue weighted by Gasteiger charge is 2.26. The Morgan fingerprint density at radius 1 is 1.11 bits per heavy atom. The summed E-state index contributed by atoms with van der Waals surface area (Å²) in [6, 6.07) is 8.94. The van der Waals surface area contributed by atoms with Crippen LogP contribution in [-0.4, -0.2) is 29.9 Å². The first-order chi connectivity index (χ1) is 9.00. The third-order valence-corrected chi connectivity index (χ3v) is 5.18. The molecule has 1 atom stereocenters. The van der Waals surface area contributed by atoms with Gasteiger partial charge in [0.2, 0.25) is 0 Å². The summed E-state index contributed by atoms with van der Waals surface area (Å²) in [4.78, 5) is 2.65. The lowest BCUT2D eigenvalue weighted by Gasteiger charge is -2.34. The van der Waals surface area contributed by atoms with Crippen LogP contribution < -0.4 is 0 Å². The first-order valence-corrected chi connectivity index (χ1v) is 8.48. The molecule has 2 heteroatoms. The van der Waals surface area contributed by atoms with Crippen molar-refractivity contribution >= 4 is 15.9 Å². The van der Waals surface area contributed by atoms with Gasteiger partial charge in [-0.1, -0.05) is 61.0 Å². The van der Waals surface area contributed by atoms with Crippen molar-refractivity contribution in [1.29, 1.82) is 0 Å². The quantitative estimate of drug-likeness (QED) is 0.755. The molecular formula is C17H26BrN. The van der Waals surface area contributed by atoms with Crippen LogP contribution in [0.3, 0.4) is 0 Å². The first kappa shape index (κ1) is 15.1. The summed E-state index contributed by atoms with van der Waals surface area (Å²) in [5.74, 6) is 0.716. The highest BCUT2D eigenvalue weighted by molar-refractivity contribution is 9.09. The zero-order valence-corrected chi connectivity index (χ0v) is 14.0. The third kappa shape index (κ3) is 4.06. The monoisotopic (exact) mass is 323 g/mol. The number of rotatable bonds is 3. The standard InChI is InChI=1S/C17H26BrN/c1-17(2,3)16(12-18)13-19-10-8-14-6-4-5-7-15(14)9-11-19/h4-7,16H,8-13H2,1-3H3. The fraction of sp³-hybridized carbons (Fsp3) is 0.647. The van der Waals surface area contributed by atoms with E-state index in [0.717, 1.165) is 5.33 Å². The van der Waals surface area contributed by atoms with Crippen LogP contribution in [0, 0.1) is 11.3 Å². The smallest absolute Gasteiger partial charge is 0.00768 e. The van der Waals surface area contributed by atoms with E-state index in [1.54, 1.807) is 11.1 Å². The van der Waals surface area contributed by atoms with Crippen LogP contribution in [0.2, 0.25) is 0 Å². The molecule has 1 aliphatic rings. The van der Waals surface area contributed by atoms with Crippen molar-refractivity contribution in [2.75, 3.05) is 25.0 Å². The van der Waals surface area contributed by atoms with Crippen LogP contribution in [0.15, 0.2) is 24.3 Å². The van der Waals surface area contributed by atoms with Gasteiger partial charge in [-0.2, -0.15) is 0 Å². The molecule has 1 aromatic rings. The molecule has 0 spiro atoms. The number of nitrogens with zero attached hydrogens (tertiary/aromatic N) is 1. The van der Waals surface area contributed by atoms with Gasteiger partial charge in [0.25, 0.3) is 0 Å². The molecular weight excluding hydrogens is 298 g/mol. The molecule has 1 heterocycles. The van der Waals surface area contributed by atoms with Gasteiger partial charge in [-0.15, -0.1) is 0 Å². The average Bonchev–Trinajstić information content (AvgIpc) is 2.57. The van der Waals surface area contributed by atoms with Crippen LogP contribution in [0.4, 0.5) is 0 Å². The number of alkyl halides is 1. The third-order valence-electron chi connectivity index (χ3n) is 4.40. The molecule has 1 unspecified atom stereocenters. The van der Waals surface area contributed by atoms with Gasteiger partial charge in [-0.05, 0) is 35.3 Å². The van der Waals surface area contributed by atoms with Gasteiger partial charge in [0.1, 0.15) is 0 Å². The Balaban J connectivity index is 1.98. The largest absolute Gasteiger partial charge is 0.302 e. The maximum Gasteiger partial charge on any atom is 0.00768 e. The van der Waals surface area contributed by atoms with E-state index in [4.69, 9.17) is 0 Å². The van der Waals surface area contributed by atoms with Crippen LogP contribution in [0.25, 0.3) is 0 Å². The second-order valence-corrected chi connectivity index (χ2v) is 7.43. The van der Waals surface area contributed by atoms with Crippen LogP contribution in [-0.2, 0) is 12.8 Å². The van der Waals surface area contributed by atoms with E-state index >= 15 is 0 Å². The highest BCUT2D eigenvalue weighted by Crippen LogP contribution is 2.29. The van der Waals surface area contributed by atoms with Crippen molar-refractivity contribution < 1.29 is 0 Å². The molecule has 0 saturated carbocycles. The van der Waals surface area contributed by atoms with Gasteiger partial charge in [0, 0.05) is 25.0 Å². The molecule has 0 amide bonds. The van der Waals surface area contributed by atoms with Gasteiger partial charge in [-0.3, -0.25) is 0 Å². The molecule has 0 radical (unpaired) electrons. The van der Waals surface area contributed by atoms with Crippen molar-refractivity contribution in [3.05, 3.63) is 35.4 Å². The Morgan fingerprint density at radius 2 is 1.63 bits per heavy atom. The van der Waals surface area contributed by atoms with E-state index in [9.17, 15) is 0 Å². The maximum atomic E-state index is 3.70. The fourth-order valence-corrected chi connectivity index (χ4v) is 3.94. The van der Waals surface area contributed by atoms with E-state index in [2.05, 4.69) is 65.9 Å². The average molecular weight is 324 g/mol. The van der Waals surface area contributed by atoms with Gasteiger partial charge in [-0.25, -0.2) is 0 Å². The Bertz CT molecular complexity index is 381. The van der Waals surface area contributed by atoms with Crippen molar-refractivity contribution in [3.8, 4) is 0 Å². The van der Waals surface area contributed by atoms with Gasteiger partial charge in [0.05, 0.1) is 0 Å². The molecule has 0 aromatic heterocycles. The van der Waals surface area contributed by atoms with Crippen molar-refractivity contribution in [2.45, 2.75) is 33.6 Å². The number of fused-ring (bicyclic) bond motifs is 1. The predicted molar refractivity (Wildman–Crippen MR) is 87.0 cm³/mol. The summed E-state index contributed by atoms with van der Waals surface area (Å²) < 4.78 is 0. The molecule has 1 aromatic carbocycles. The second-order valence-electron chi connectivity index (χ2n) is 6.79.